The second kappa shape index (κ2) is 8.26. The van der Waals surface area contributed by atoms with Gasteiger partial charge in [0.1, 0.15) is 5.75 Å². The molecular weight excluding hydrogens is 246 g/mol. The van der Waals surface area contributed by atoms with Gasteiger partial charge in [0, 0.05) is 12.2 Å². The van der Waals surface area contributed by atoms with Gasteiger partial charge in [0.05, 0.1) is 6.61 Å². The maximum Gasteiger partial charge on any atom is 0.119 e. The average Bonchev–Trinajstić information content (AvgIpc) is 2.52. The van der Waals surface area contributed by atoms with Crippen molar-refractivity contribution in [3.8, 4) is 5.75 Å². The summed E-state index contributed by atoms with van der Waals surface area (Å²) >= 11 is 0. The molecule has 0 amide bonds. The monoisotopic (exact) mass is 269 g/mol. The molecule has 0 aromatic heterocycles. The van der Waals surface area contributed by atoms with E-state index in [0.29, 0.717) is 0 Å². The smallest absolute Gasteiger partial charge is 0.119 e. The lowest BCUT2D eigenvalue weighted by molar-refractivity contribution is 0.317. The first kappa shape index (κ1) is 14.4. The average molecular weight is 269 g/mol. The van der Waals surface area contributed by atoms with Crippen molar-refractivity contribution in [3.05, 3.63) is 60.2 Å². The third-order valence-electron chi connectivity index (χ3n) is 3.14. The molecule has 0 saturated carbocycles. The normalized spacial score (nSPS) is 10.2. The van der Waals surface area contributed by atoms with Crippen LogP contribution in [-0.4, -0.2) is 13.2 Å². The van der Waals surface area contributed by atoms with E-state index in [0.717, 1.165) is 43.9 Å². The van der Waals surface area contributed by atoms with Gasteiger partial charge in [0.2, 0.25) is 0 Å². The number of benzene rings is 2. The van der Waals surface area contributed by atoms with E-state index in [9.17, 15) is 0 Å². The number of nitrogens with one attached hydrogen (secondary N) is 1. The van der Waals surface area contributed by atoms with Gasteiger partial charge < -0.3 is 10.1 Å². The lowest BCUT2D eigenvalue weighted by Gasteiger charge is -2.08. The van der Waals surface area contributed by atoms with Crippen molar-refractivity contribution in [2.45, 2.75) is 26.2 Å². The largest absolute Gasteiger partial charge is 0.494 e. The van der Waals surface area contributed by atoms with Crippen LogP contribution in [0.2, 0.25) is 0 Å². The summed E-state index contributed by atoms with van der Waals surface area (Å²) in [6.07, 6.45) is 3.29. The fraction of sp³-hybridized carbons (Fsp3) is 0.333. The van der Waals surface area contributed by atoms with E-state index >= 15 is 0 Å². The van der Waals surface area contributed by atoms with Crippen molar-refractivity contribution < 1.29 is 4.74 Å². The van der Waals surface area contributed by atoms with Crippen molar-refractivity contribution >= 4 is 5.69 Å². The molecule has 0 aliphatic carbocycles. The van der Waals surface area contributed by atoms with E-state index in [1.165, 1.54) is 5.56 Å². The summed E-state index contributed by atoms with van der Waals surface area (Å²) in [5.74, 6) is 0.946. The van der Waals surface area contributed by atoms with Crippen LogP contribution in [0.15, 0.2) is 54.6 Å². The van der Waals surface area contributed by atoms with Crippen LogP contribution in [0.5, 0.6) is 5.75 Å². The Bertz CT molecular complexity index is 479. The third-order valence-corrected chi connectivity index (χ3v) is 3.14. The van der Waals surface area contributed by atoms with Gasteiger partial charge in [-0.3, -0.25) is 0 Å². The van der Waals surface area contributed by atoms with Gasteiger partial charge in [-0.25, -0.2) is 0 Å². The van der Waals surface area contributed by atoms with Crippen LogP contribution < -0.4 is 10.1 Å². The van der Waals surface area contributed by atoms with Crippen LogP contribution in [0, 0.1) is 0 Å². The van der Waals surface area contributed by atoms with Crippen LogP contribution in [-0.2, 0) is 6.42 Å². The van der Waals surface area contributed by atoms with Gasteiger partial charge in [-0.15, -0.1) is 0 Å². The summed E-state index contributed by atoms with van der Waals surface area (Å²) in [5.41, 5.74) is 2.56. The minimum absolute atomic E-state index is 0.782. The van der Waals surface area contributed by atoms with Crippen molar-refractivity contribution in [2.75, 3.05) is 18.5 Å². The van der Waals surface area contributed by atoms with Crippen molar-refractivity contribution in [2.24, 2.45) is 0 Å². The van der Waals surface area contributed by atoms with Crippen molar-refractivity contribution in [1.29, 1.82) is 0 Å². The van der Waals surface area contributed by atoms with E-state index in [1.807, 2.05) is 12.1 Å². The highest BCUT2D eigenvalue weighted by molar-refractivity contribution is 5.46. The molecule has 20 heavy (non-hydrogen) atoms. The molecule has 0 fully saturated rings. The molecule has 0 aliphatic heterocycles. The number of hydrogen-bond acceptors (Lipinski definition) is 2. The number of aryl methyl sites for hydroxylation is 1. The van der Waals surface area contributed by atoms with E-state index in [1.54, 1.807) is 0 Å². The van der Waals surface area contributed by atoms with E-state index < -0.39 is 0 Å². The molecule has 0 saturated heterocycles. The van der Waals surface area contributed by atoms with E-state index in [4.69, 9.17) is 4.74 Å². The maximum atomic E-state index is 5.57. The molecule has 2 heteroatoms. The summed E-state index contributed by atoms with van der Waals surface area (Å²) in [6.45, 7) is 3.89. The third kappa shape index (κ3) is 4.96. The van der Waals surface area contributed by atoms with Gasteiger partial charge >= 0.3 is 0 Å². The second-order valence-electron chi connectivity index (χ2n) is 4.89. The molecule has 2 aromatic rings. The first-order valence-corrected chi connectivity index (χ1v) is 7.39. The Morgan fingerprint density at radius 1 is 0.950 bits per heavy atom. The van der Waals surface area contributed by atoms with E-state index in [-0.39, 0.29) is 0 Å². The Hall–Kier alpha value is -1.96. The molecule has 0 bridgehead atoms. The summed E-state index contributed by atoms with van der Waals surface area (Å²) in [7, 11) is 0. The summed E-state index contributed by atoms with van der Waals surface area (Å²) in [6, 6.07) is 18.8. The van der Waals surface area contributed by atoms with Crippen LogP contribution in [0.1, 0.15) is 25.3 Å². The topological polar surface area (TPSA) is 21.3 Å². The number of hydrogen-bond donors (Lipinski definition) is 1. The SMILES string of the molecule is CCCOc1ccc(NCCCc2ccccc2)cc1. The van der Waals surface area contributed by atoms with Crippen molar-refractivity contribution in [1.82, 2.24) is 0 Å². The number of rotatable bonds is 8. The molecule has 0 atom stereocenters. The Morgan fingerprint density at radius 3 is 2.40 bits per heavy atom. The number of ether oxygens (including phenoxy) is 1. The Labute approximate surface area is 121 Å². The fourth-order valence-corrected chi connectivity index (χ4v) is 2.06. The highest BCUT2D eigenvalue weighted by Crippen LogP contribution is 2.16. The van der Waals surface area contributed by atoms with Gasteiger partial charge in [-0.1, -0.05) is 37.3 Å². The Kier molecular flexibility index (Phi) is 5.97. The zero-order valence-corrected chi connectivity index (χ0v) is 12.1. The molecule has 0 spiro atoms. The first-order chi connectivity index (χ1) is 9.88. The molecule has 2 aromatic carbocycles. The fourth-order valence-electron chi connectivity index (χ4n) is 2.06. The predicted molar refractivity (Wildman–Crippen MR) is 85.5 cm³/mol. The molecule has 0 aliphatic rings. The molecule has 0 heterocycles. The van der Waals surface area contributed by atoms with Gasteiger partial charge in [0.15, 0.2) is 0 Å². The standard InChI is InChI=1S/C18H23NO/c1-2-15-20-18-12-10-17(11-13-18)19-14-6-9-16-7-4-3-5-8-16/h3-5,7-8,10-13,19H,2,6,9,14-15H2,1H3. The summed E-state index contributed by atoms with van der Waals surface area (Å²) in [5, 5.41) is 3.44. The van der Waals surface area contributed by atoms with Crippen LogP contribution in [0.4, 0.5) is 5.69 Å². The van der Waals surface area contributed by atoms with Gasteiger partial charge in [-0.2, -0.15) is 0 Å². The van der Waals surface area contributed by atoms with Gasteiger partial charge in [-0.05, 0) is 49.1 Å². The minimum atomic E-state index is 0.782. The van der Waals surface area contributed by atoms with Crippen LogP contribution >= 0.6 is 0 Å². The molecule has 2 nitrogen and oxygen atoms in total. The maximum absolute atomic E-state index is 5.57. The first-order valence-electron chi connectivity index (χ1n) is 7.39. The highest BCUT2D eigenvalue weighted by Gasteiger charge is 1.96. The lowest BCUT2D eigenvalue weighted by Crippen LogP contribution is -2.03. The number of anilines is 1. The van der Waals surface area contributed by atoms with Crippen molar-refractivity contribution in [3.63, 3.8) is 0 Å². The lowest BCUT2D eigenvalue weighted by atomic mass is 10.1. The van der Waals surface area contributed by atoms with Crippen LogP contribution in [0.25, 0.3) is 0 Å². The molecule has 0 radical (unpaired) electrons. The van der Waals surface area contributed by atoms with E-state index in [2.05, 4.69) is 54.7 Å². The molecular formula is C18H23NO. The molecule has 2 rings (SSSR count). The zero-order valence-electron chi connectivity index (χ0n) is 12.1. The van der Waals surface area contributed by atoms with Gasteiger partial charge in [0.25, 0.3) is 0 Å². The Morgan fingerprint density at radius 2 is 1.70 bits per heavy atom. The zero-order chi connectivity index (χ0) is 14.0. The molecule has 0 unspecified atom stereocenters. The Balaban J connectivity index is 1.69. The molecule has 1 N–H and O–H groups in total. The highest BCUT2D eigenvalue weighted by atomic mass is 16.5. The minimum Gasteiger partial charge on any atom is -0.494 e. The summed E-state index contributed by atoms with van der Waals surface area (Å²) < 4.78 is 5.57. The van der Waals surface area contributed by atoms with Crippen LogP contribution in [0.3, 0.4) is 0 Å². The summed E-state index contributed by atoms with van der Waals surface area (Å²) in [4.78, 5) is 0. The predicted octanol–water partition coefficient (Wildman–Crippen LogP) is 4.52. The molecule has 106 valence electrons. The second-order valence-corrected chi connectivity index (χ2v) is 4.89. The quantitative estimate of drug-likeness (QED) is 0.711.